The largest absolute Gasteiger partial charge is 0.339 e. The molecule has 2 N–H and O–H groups in total. The van der Waals surface area contributed by atoms with E-state index in [0.717, 1.165) is 19.5 Å². The van der Waals surface area contributed by atoms with Gasteiger partial charge in [0.05, 0.1) is 6.54 Å². The average molecular weight is 254 g/mol. The van der Waals surface area contributed by atoms with Crippen LogP contribution in [0.15, 0.2) is 0 Å². The van der Waals surface area contributed by atoms with Crippen LogP contribution in [0.3, 0.4) is 0 Å². The van der Waals surface area contributed by atoms with E-state index in [4.69, 9.17) is 5.73 Å². The predicted octanol–water partition coefficient (Wildman–Crippen LogP) is -1.29. The Bertz CT molecular complexity index is 326. The van der Waals surface area contributed by atoms with E-state index in [0.29, 0.717) is 32.7 Å². The number of hydrogen-bond acceptors (Lipinski definition) is 4. The van der Waals surface area contributed by atoms with Crippen molar-refractivity contribution in [1.29, 1.82) is 0 Å². The summed E-state index contributed by atoms with van der Waals surface area (Å²) in [5.41, 5.74) is 5.82. The number of rotatable bonds is 2. The first-order valence-electron chi connectivity index (χ1n) is 6.57. The summed E-state index contributed by atoms with van der Waals surface area (Å²) in [6, 6.07) is 0.215. The smallest absolute Gasteiger partial charge is 0.236 e. The number of hydrogen-bond donors (Lipinski definition) is 1. The van der Waals surface area contributed by atoms with Gasteiger partial charge < -0.3 is 15.5 Å². The van der Waals surface area contributed by atoms with Gasteiger partial charge in [0, 0.05) is 52.2 Å². The quantitative estimate of drug-likeness (QED) is 0.666. The summed E-state index contributed by atoms with van der Waals surface area (Å²) in [5.74, 6) is 0.250. The Morgan fingerprint density at radius 2 is 1.72 bits per heavy atom. The zero-order valence-electron chi connectivity index (χ0n) is 11.0. The van der Waals surface area contributed by atoms with Gasteiger partial charge in [0.15, 0.2) is 0 Å². The summed E-state index contributed by atoms with van der Waals surface area (Å²) < 4.78 is 0. The molecule has 0 saturated carbocycles. The minimum atomic E-state index is 0.0904. The van der Waals surface area contributed by atoms with Gasteiger partial charge in [-0.2, -0.15) is 0 Å². The molecule has 102 valence electrons. The topological polar surface area (TPSA) is 69.9 Å². The summed E-state index contributed by atoms with van der Waals surface area (Å²) in [7, 11) is 0. The van der Waals surface area contributed by atoms with Crippen molar-refractivity contribution in [2.75, 3.05) is 45.8 Å². The number of nitrogens with two attached hydrogens (primary N) is 1. The molecule has 0 radical (unpaired) electrons. The first kappa shape index (κ1) is 13.3. The molecule has 1 atom stereocenters. The van der Waals surface area contributed by atoms with Crippen molar-refractivity contribution in [2.45, 2.75) is 19.4 Å². The number of amides is 2. The number of carbonyl (C=O) groups excluding carboxylic acids is 2. The number of nitrogens with zero attached hydrogens (tertiary/aromatic N) is 3. The molecule has 0 aromatic rings. The number of piperazine rings is 1. The third-order valence-corrected chi connectivity index (χ3v) is 3.75. The van der Waals surface area contributed by atoms with E-state index in [-0.39, 0.29) is 17.9 Å². The summed E-state index contributed by atoms with van der Waals surface area (Å²) in [5, 5.41) is 0. The van der Waals surface area contributed by atoms with Crippen LogP contribution in [0.1, 0.15) is 13.3 Å². The second-order valence-corrected chi connectivity index (χ2v) is 5.17. The van der Waals surface area contributed by atoms with Crippen LogP contribution >= 0.6 is 0 Å². The van der Waals surface area contributed by atoms with Crippen molar-refractivity contribution in [3.8, 4) is 0 Å². The molecule has 6 heteroatoms. The van der Waals surface area contributed by atoms with Crippen LogP contribution in [0.25, 0.3) is 0 Å². The highest BCUT2D eigenvalue weighted by Crippen LogP contribution is 2.08. The molecule has 1 unspecified atom stereocenters. The molecule has 2 amide bonds. The summed E-state index contributed by atoms with van der Waals surface area (Å²) in [6.07, 6.45) is 0.978. The van der Waals surface area contributed by atoms with Gasteiger partial charge >= 0.3 is 0 Å². The fourth-order valence-electron chi connectivity index (χ4n) is 2.57. The highest BCUT2D eigenvalue weighted by atomic mass is 16.2. The van der Waals surface area contributed by atoms with Crippen LogP contribution in [0, 0.1) is 0 Å². The molecule has 0 spiro atoms. The number of likely N-dealkylation sites (tertiary alicyclic amines) is 1. The third-order valence-electron chi connectivity index (χ3n) is 3.75. The molecule has 2 aliphatic heterocycles. The lowest BCUT2D eigenvalue weighted by Crippen LogP contribution is -2.52. The van der Waals surface area contributed by atoms with E-state index in [1.807, 2.05) is 4.90 Å². The van der Waals surface area contributed by atoms with E-state index in [1.165, 1.54) is 0 Å². The lowest BCUT2D eigenvalue weighted by molar-refractivity contribution is -0.139. The van der Waals surface area contributed by atoms with Gasteiger partial charge in [0.1, 0.15) is 0 Å². The van der Waals surface area contributed by atoms with E-state index in [9.17, 15) is 9.59 Å². The van der Waals surface area contributed by atoms with Gasteiger partial charge in [-0.1, -0.05) is 0 Å². The van der Waals surface area contributed by atoms with E-state index in [1.54, 1.807) is 11.8 Å². The third kappa shape index (κ3) is 3.20. The Morgan fingerprint density at radius 1 is 1.11 bits per heavy atom. The van der Waals surface area contributed by atoms with Crippen LogP contribution < -0.4 is 5.73 Å². The Hall–Kier alpha value is -1.14. The van der Waals surface area contributed by atoms with Gasteiger partial charge in [-0.25, -0.2) is 0 Å². The fraction of sp³-hybridized carbons (Fsp3) is 0.833. The molecular weight excluding hydrogens is 232 g/mol. The van der Waals surface area contributed by atoms with E-state index < -0.39 is 0 Å². The van der Waals surface area contributed by atoms with Crippen LogP contribution in [-0.2, 0) is 9.59 Å². The minimum Gasteiger partial charge on any atom is -0.339 e. The first-order valence-corrected chi connectivity index (χ1v) is 6.57. The van der Waals surface area contributed by atoms with Gasteiger partial charge in [0.2, 0.25) is 11.8 Å². The zero-order chi connectivity index (χ0) is 13.1. The highest BCUT2D eigenvalue weighted by molar-refractivity contribution is 5.79. The molecule has 2 rings (SSSR count). The SMILES string of the molecule is CC(=O)N1CCN(C(=O)CN2CCC(N)C2)CC1. The molecule has 0 aliphatic carbocycles. The van der Waals surface area contributed by atoms with Gasteiger partial charge in [0.25, 0.3) is 0 Å². The van der Waals surface area contributed by atoms with Crippen LogP contribution in [0.2, 0.25) is 0 Å². The Labute approximate surface area is 108 Å². The summed E-state index contributed by atoms with van der Waals surface area (Å²) in [4.78, 5) is 29.0. The highest BCUT2D eigenvalue weighted by Gasteiger charge is 2.26. The maximum Gasteiger partial charge on any atom is 0.236 e. The van der Waals surface area contributed by atoms with Crippen LogP contribution in [0.4, 0.5) is 0 Å². The molecule has 2 saturated heterocycles. The maximum absolute atomic E-state index is 12.1. The van der Waals surface area contributed by atoms with E-state index >= 15 is 0 Å². The molecular formula is C12H22N4O2. The first-order chi connectivity index (χ1) is 8.56. The molecule has 6 nitrogen and oxygen atoms in total. The molecule has 2 heterocycles. The molecule has 0 aromatic carbocycles. The standard InChI is InChI=1S/C12H22N4O2/c1-10(17)15-4-6-16(7-5-15)12(18)9-14-3-2-11(13)8-14/h11H,2-9,13H2,1H3. The lowest BCUT2D eigenvalue weighted by atomic mass is 10.3. The molecule has 2 aliphatic rings. The van der Waals surface area contributed by atoms with Crippen molar-refractivity contribution in [1.82, 2.24) is 14.7 Å². The molecule has 0 aromatic heterocycles. The number of carbonyl (C=O) groups is 2. The Kier molecular flexibility index (Phi) is 4.19. The second-order valence-electron chi connectivity index (χ2n) is 5.17. The summed E-state index contributed by atoms with van der Waals surface area (Å²) >= 11 is 0. The van der Waals surface area contributed by atoms with Crippen molar-refractivity contribution in [3.63, 3.8) is 0 Å². The van der Waals surface area contributed by atoms with Crippen molar-refractivity contribution < 1.29 is 9.59 Å². The van der Waals surface area contributed by atoms with Crippen molar-refractivity contribution >= 4 is 11.8 Å². The lowest BCUT2D eigenvalue weighted by Gasteiger charge is -2.35. The summed E-state index contributed by atoms with van der Waals surface area (Å²) in [6.45, 7) is 6.38. The minimum absolute atomic E-state index is 0.0904. The average Bonchev–Trinajstić information content (AvgIpc) is 2.75. The van der Waals surface area contributed by atoms with Gasteiger partial charge in [-0.3, -0.25) is 14.5 Å². The predicted molar refractivity (Wildman–Crippen MR) is 67.9 cm³/mol. The Morgan fingerprint density at radius 3 is 2.22 bits per heavy atom. The zero-order valence-corrected chi connectivity index (χ0v) is 11.0. The van der Waals surface area contributed by atoms with Gasteiger partial charge in [-0.05, 0) is 6.42 Å². The van der Waals surface area contributed by atoms with Crippen molar-refractivity contribution in [2.24, 2.45) is 5.73 Å². The Balaban J connectivity index is 1.75. The fourth-order valence-corrected chi connectivity index (χ4v) is 2.57. The molecule has 18 heavy (non-hydrogen) atoms. The normalized spacial score (nSPS) is 25.6. The van der Waals surface area contributed by atoms with Crippen LogP contribution in [-0.4, -0.2) is 78.4 Å². The maximum atomic E-state index is 12.1. The van der Waals surface area contributed by atoms with Crippen molar-refractivity contribution in [3.05, 3.63) is 0 Å². The molecule has 2 fully saturated rings. The van der Waals surface area contributed by atoms with Gasteiger partial charge in [-0.15, -0.1) is 0 Å². The monoisotopic (exact) mass is 254 g/mol. The second kappa shape index (κ2) is 5.67. The molecule has 0 bridgehead atoms. The van der Waals surface area contributed by atoms with E-state index in [2.05, 4.69) is 4.90 Å². The van der Waals surface area contributed by atoms with Crippen LogP contribution in [0.5, 0.6) is 0 Å².